The number of fused-ring (bicyclic) bond motifs is 1. The first-order valence-corrected chi connectivity index (χ1v) is 10.9. The molecular formula is C18H21N5O3S2. The summed E-state index contributed by atoms with van der Waals surface area (Å²) in [7, 11) is 1.85. The van der Waals surface area contributed by atoms with Crippen LogP contribution in [0.25, 0.3) is 10.2 Å². The van der Waals surface area contributed by atoms with Gasteiger partial charge in [0.05, 0.1) is 28.6 Å². The maximum Gasteiger partial charge on any atom is 0.308 e. The first-order chi connectivity index (χ1) is 13.6. The minimum atomic E-state index is -0.0508. The second-order valence-corrected chi connectivity index (χ2v) is 8.54. The topological polar surface area (TPSA) is 91.0 Å². The molecule has 4 rings (SSSR count). The minimum Gasteiger partial charge on any atom is -0.376 e. The fourth-order valence-electron chi connectivity index (χ4n) is 3.13. The first kappa shape index (κ1) is 19.2. The van der Waals surface area contributed by atoms with Crippen LogP contribution in [0, 0.1) is 0 Å². The molecule has 0 saturated carbocycles. The van der Waals surface area contributed by atoms with E-state index in [2.05, 4.69) is 15.5 Å². The van der Waals surface area contributed by atoms with Gasteiger partial charge in [-0.1, -0.05) is 35.2 Å². The third kappa shape index (κ3) is 4.13. The SMILES string of the molecule is Cn1c(Cn2c(=O)sc3ccccc32)nnc1SCC(=O)NC[C@H]1CCCO1. The summed E-state index contributed by atoms with van der Waals surface area (Å²) in [5.74, 6) is 0.887. The monoisotopic (exact) mass is 419 g/mol. The Hall–Kier alpha value is -2.17. The summed E-state index contributed by atoms with van der Waals surface area (Å²) in [6, 6.07) is 7.70. The number of hydrogen-bond donors (Lipinski definition) is 1. The fourth-order valence-corrected chi connectivity index (χ4v) is 4.78. The average Bonchev–Trinajstić information content (AvgIpc) is 3.40. The Morgan fingerprint density at radius 1 is 1.39 bits per heavy atom. The van der Waals surface area contributed by atoms with Crippen molar-refractivity contribution in [1.29, 1.82) is 0 Å². The molecule has 10 heteroatoms. The predicted octanol–water partition coefficient (Wildman–Crippen LogP) is 1.63. The maximum atomic E-state index is 12.3. The molecule has 2 aromatic heterocycles. The van der Waals surface area contributed by atoms with Crippen LogP contribution >= 0.6 is 23.1 Å². The molecule has 1 fully saturated rings. The highest BCUT2D eigenvalue weighted by Gasteiger charge is 2.17. The maximum absolute atomic E-state index is 12.3. The van der Waals surface area contributed by atoms with Crippen molar-refractivity contribution in [2.75, 3.05) is 18.9 Å². The molecule has 0 radical (unpaired) electrons. The number of carbonyl (C=O) groups excluding carboxylic acids is 1. The largest absolute Gasteiger partial charge is 0.376 e. The normalized spacial score (nSPS) is 16.7. The van der Waals surface area contributed by atoms with Gasteiger partial charge in [0.15, 0.2) is 11.0 Å². The number of para-hydroxylation sites is 1. The number of amides is 1. The van der Waals surface area contributed by atoms with Crippen molar-refractivity contribution < 1.29 is 9.53 Å². The Labute approximate surface area is 169 Å². The molecule has 148 valence electrons. The van der Waals surface area contributed by atoms with Crippen LogP contribution in [0.1, 0.15) is 18.7 Å². The van der Waals surface area contributed by atoms with Crippen LogP contribution in [0.3, 0.4) is 0 Å². The molecule has 28 heavy (non-hydrogen) atoms. The quantitative estimate of drug-likeness (QED) is 0.586. The predicted molar refractivity (Wildman–Crippen MR) is 109 cm³/mol. The molecule has 0 aliphatic carbocycles. The van der Waals surface area contributed by atoms with Crippen LogP contribution in [0.15, 0.2) is 34.2 Å². The Kier molecular flexibility index (Phi) is 5.79. The lowest BCUT2D eigenvalue weighted by atomic mass is 10.2. The molecule has 1 saturated heterocycles. The number of rotatable bonds is 7. The van der Waals surface area contributed by atoms with Gasteiger partial charge in [0, 0.05) is 20.2 Å². The van der Waals surface area contributed by atoms with Gasteiger partial charge >= 0.3 is 4.87 Å². The molecule has 1 aliphatic rings. The number of carbonyl (C=O) groups is 1. The van der Waals surface area contributed by atoms with Crippen molar-refractivity contribution in [3.05, 3.63) is 39.8 Å². The van der Waals surface area contributed by atoms with E-state index in [9.17, 15) is 9.59 Å². The van der Waals surface area contributed by atoms with E-state index in [0.29, 0.717) is 24.1 Å². The number of benzene rings is 1. The zero-order valence-corrected chi connectivity index (χ0v) is 17.1. The lowest BCUT2D eigenvalue weighted by Crippen LogP contribution is -2.32. The van der Waals surface area contributed by atoms with E-state index in [4.69, 9.17) is 4.74 Å². The number of ether oxygens (including phenoxy) is 1. The van der Waals surface area contributed by atoms with E-state index in [1.807, 2.05) is 35.9 Å². The number of nitrogens with one attached hydrogen (secondary N) is 1. The molecule has 8 nitrogen and oxygen atoms in total. The van der Waals surface area contributed by atoms with Crippen molar-refractivity contribution >= 4 is 39.2 Å². The lowest BCUT2D eigenvalue weighted by molar-refractivity contribution is -0.119. The van der Waals surface area contributed by atoms with Crippen LogP contribution in [-0.2, 0) is 23.1 Å². The Morgan fingerprint density at radius 3 is 3.07 bits per heavy atom. The molecule has 1 amide bonds. The van der Waals surface area contributed by atoms with Gasteiger partial charge in [-0.2, -0.15) is 0 Å². The summed E-state index contributed by atoms with van der Waals surface area (Å²) in [6.07, 6.45) is 2.19. The van der Waals surface area contributed by atoms with Gasteiger partial charge < -0.3 is 14.6 Å². The molecule has 3 aromatic rings. The molecule has 0 bridgehead atoms. The summed E-state index contributed by atoms with van der Waals surface area (Å²) >= 11 is 2.55. The van der Waals surface area contributed by atoms with Crippen LogP contribution in [0.2, 0.25) is 0 Å². The van der Waals surface area contributed by atoms with Crippen LogP contribution in [-0.4, -0.2) is 50.2 Å². The second-order valence-electron chi connectivity index (χ2n) is 6.61. The Balaban J connectivity index is 1.38. The Morgan fingerprint density at radius 2 is 2.25 bits per heavy atom. The van der Waals surface area contributed by atoms with Crippen LogP contribution < -0.4 is 10.2 Å². The molecule has 1 atom stereocenters. The number of aromatic nitrogens is 4. The van der Waals surface area contributed by atoms with E-state index in [0.717, 1.165) is 29.7 Å². The first-order valence-electron chi connectivity index (χ1n) is 9.09. The number of thiazole rings is 1. The standard InChI is InChI=1S/C18H21N5O3S2/c1-22-15(10-23-13-6-2-3-7-14(13)28-18(23)25)20-21-17(22)27-11-16(24)19-9-12-5-4-8-26-12/h2-3,6-7,12H,4-5,8-11H2,1H3,(H,19,24)/t12-/m1/s1. The summed E-state index contributed by atoms with van der Waals surface area (Å²) in [5, 5.41) is 11.9. The third-order valence-electron chi connectivity index (χ3n) is 4.68. The van der Waals surface area contributed by atoms with Gasteiger partial charge in [0.1, 0.15) is 0 Å². The summed E-state index contributed by atoms with van der Waals surface area (Å²) in [5.41, 5.74) is 0.892. The van der Waals surface area contributed by atoms with Gasteiger partial charge in [-0.15, -0.1) is 10.2 Å². The van der Waals surface area contributed by atoms with Gasteiger partial charge in [0.2, 0.25) is 5.91 Å². The highest BCUT2D eigenvalue weighted by molar-refractivity contribution is 7.99. The number of hydrogen-bond acceptors (Lipinski definition) is 7. The highest BCUT2D eigenvalue weighted by Crippen LogP contribution is 2.19. The molecule has 1 aliphatic heterocycles. The zero-order valence-electron chi connectivity index (χ0n) is 15.5. The van der Waals surface area contributed by atoms with E-state index < -0.39 is 0 Å². The molecule has 3 heterocycles. The fraction of sp³-hybridized carbons (Fsp3) is 0.444. The Bertz CT molecular complexity index is 1040. The van der Waals surface area contributed by atoms with E-state index in [1.165, 1.54) is 23.1 Å². The van der Waals surface area contributed by atoms with Crippen LogP contribution in [0.4, 0.5) is 0 Å². The van der Waals surface area contributed by atoms with Gasteiger partial charge in [-0.25, -0.2) is 0 Å². The van der Waals surface area contributed by atoms with Gasteiger partial charge in [-0.05, 0) is 25.0 Å². The third-order valence-corrected chi connectivity index (χ3v) is 6.66. The van der Waals surface area contributed by atoms with E-state index in [-0.39, 0.29) is 22.6 Å². The summed E-state index contributed by atoms with van der Waals surface area (Å²) < 4.78 is 9.99. The van der Waals surface area contributed by atoms with Crippen LogP contribution in [0.5, 0.6) is 0 Å². The van der Waals surface area contributed by atoms with Crippen molar-refractivity contribution in [3.63, 3.8) is 0 Å². The summed E-state index contributed by atoms with van der Waals surface area (Å²) in [6.45, 7) is 1.68. The number of thioether (sulfide) groups is 1. The number of nitrogens with zero attached hydrogens (tertiary/aromatic N) is 4. The molecule has 0 spiro atoms. The molecule has 1 N–H and O–H groups in total. The van der Waals surface area contributed by atoms with E-state index in [1.54, 1.807) is 4.57 Å². The second kappa shape index (κ2) is 8.46. The highest BCUT2D eigenvalue weighted by atomic mass is 32.2. The lowest BCUT2D eigenvalue weighted by Gasteiger charge is -2.10. The molecule has 0 unspecified atom stereocenters. The van der Waals surface area contributed by atoms with Gasteiger partial charge in [-0.3, -0.25) is 14.2 Å². The molecular weight excluding hydrogens is 398 g/mol. The van der Waals surface area contributed by atoms with Crippen molar-refractivity contribution in [1.82, 2.24) is 24.6 Å². The average molecular weight is 420 g/mol. The smallest absolute Gasteiger partial charge is 0.308 e. The molecule has 1 aromatic carbocycles. The van der Waals surface area contributed by atoms with Crippen molar-refractivity contribution in [2.24, 2.45) is 7.05 Å². The van der Waals surface area contributed by atoms with Gasteiger partial charge in [0.25, 0.3) is 0 Å². The summed E-state index contributed by atoms with van der Waals surface area (Å²) in [4.78, 5) is 24.3. The van der Waals surface area contributed by atoms with Crippen molar-refractivity contribution in [3.8, 4) is 0 Å². The minimum absolute atomic E-state index is 0.0214. The van der Waals surface area contributed by atoms with E-state index >= 15 is 0 Å². The zero-order chi connectivity index (χ0) is 19.5. The van der Waals surface area contributed by atoms with Crippen molar-refractivity contribution in [2.45, 2.75) is 30.6 Å².